The molecule has 1 fully saturated rings. The normalized spacial score (nSPS) is 14.2. The van der Waals surface area contributed by atoms with Crippen LogP contribution in [0.4, 0.5) is 5.69 Å². The Morgan fingerprint density at radius 2 is 1.47 bits per heavy atom. The maximum atomic E-state index is 14.7. The number of halogens is 4. The minimum absolute atomic E-state index is 0.0230. The van der Waals surface area contributed by atoms with E-state index in [2.05, 4.69) is 5.32 Å². The van der Waals surface area contributed by atoms with Crippen LogP contribution in [0.25, 0.3) is 0 Å². The fourth-order valence-corrected chi connectivity index (χ4v) is 8.14. The number of hydrogen-bond acceptors (Lipinski definition) is 4. The van der Waals surface area contributed by atoms with Gasteiger partial charge >= 0.3 is 0 Å². The van der Waals surface area contributed by atoms with Gasteiger partial charge in [0.05, 0.1) is 25.7 Å². The number of nitrogens with zero attached hydrogens (tertiary/aromatic N) is 2. The molecule has 0 aliphatic heterocycles. The van der Waals surface area contributed by atoms with Gasteiger partial charge < -0.3 is 10.2 Å². The lowest BCUT2D eigenvalue weighted by atomic mass is 9.94. The van der Waals surface area contributed by atoms with Gasteiger partial charge in [0.25, 0.3) is 10.0 Å². The molecular weight excluding hydrogens is 724 g/mol. The zero-order chi connectivity index (χ0) is 35.1. The quantitative estimate of drug-likeness (QED) is 0.156. The first-order valence-corrected chi connectivity index (χ1v) is 19.0. The summed E-state index contributed by atoms with van der Waals surface area (Å²) in [5.41, 5.74) is 2.34. The van der Waals surface area contributed by atoms with Crippen molar-refractivity contribution >= 4 is 73.9 Å². The summed E-state index contributed by atoms with van der Waals surface area (Å²) in [6, 6.07) is 24.1. The zero-order valence-corrected chi connectivity index (χ0v) is 30.8. The molecule has 0 aromatic heterocycles. The second-order valence-corrected chi connectivity index (χ2v) is 15.8. The fourth-order valence-electron chi connectivity index (χ4n) is 5.96. The molecule has 0 bridgehead atoms. The lowest BCUT2D eigenvalue weighted by Crippen LogP contribution is -2.55. The van der Waals surface area contributed by atoms with Crippen LogP contribution in [0, 0.1) is 6.92 Å². The van der Waals surface area contributed by atoms with Crippen molar-refractivity contribution in [3.63, 3.8) is 0 Å². The van der Waals surface area contributed by atoms with Crippen LogP contribution in [0.3, 0.4) is 0 Å². The van der Waals surface area contributed by atoms with Gasteiger partial charge in [0.15, 0.2) is 0 Å². The highest BCUT2D eigenvalue weighted by molar-refractivity contribution is 7.92. The van der Waals surface area contributed by atoms with Gasteiger partial charge in [-0.1, -0.05) is 120 Å². The minimum atomic E-state index is -4.35. The molecule has 0 radical (unpaired) electrons. The zero-order valence-electron chi connectivity index (χ0n) is 26.9. The summed E-state index contributed by atoms with van der Waals surface area (Å²) < 4.78 is 29.6. The number of carbonyl (C=O) groups is 2. The highest BCUT2D eigenvalue weighted by Gasteiger charge is 2.36. The molecule has 0 unspecified atom stereocenters. The van der Waals surface area contributed by atoms with Crippen LogP contribution >= 0.6 is 46.4 Å². The van der Waals surface area contributed by atoms with Crippen LogP contribution in [0.5, 0.6) is 0 Å². The second kappa shape index (κ2) is 16.6. The van der Waals surface area contributed by atoms with Gasteiger partial charge in [0.1, 0.15) is 12.6 Å². The van der Waals surface area contributed by atoms with Crippen LogP contribution in [-0.4, -0.2) is 43.8 Å². The van der Waals surface area contributed by atoms with E-state index in [1.165, 1.54) is 35.2 Å². The Morgan fingerprint density at radius 3 is 2.14 bits per heavy atom. The number of nitrogens with one attached hydrogen (secondary N) is 1. The summed E-state index contributed by atoms with van der Waals surface area (Å²) >= 11 is 25.5. The molecule has 4 aromatic carbocycles. The maximum absolute atomic E-state index is 14.7. The number of carbonyl (C=O) groups excluding carboxylic acids is 2. The summed E-state index contributed by atoms with van der Waals surface area (Å²) in [6.45, 7) is 1.13. The third kappa shape index (κ3) is 9.50. The molecule has 12 heteroatoms. The number of benzene rings is 4. The van der Waals surface area contributed by atoms with Crippen molar-refractivity contribution in [1.29, 1.82) is 0 Å². The maximum Gasteiger partial charge on any atom is 0.264 e. The number of hydrogen-bond donors (Lipinski definition) is 1. The smallest absolute Gasteiger partial charge is 0.264 e. The largest absolute Gasteiger partial charge is 0.352 e. The molecule has 0 heterocycles. The molecular formula is C37H37Cl4N3O4S. The van der Waals surface area contributed by atoms with Crippen LogP contribution < -0.4 is 9.62 Å². The Kier molecular flexibility index (Phi) is 12.6. The van der Waals surface area contributed by atoms with Gasteiger partial charge in [-0.3, -0.25) is 13.9 Å². The first kappa shape index (κ1) is 37.0. The first-order valence-electron chi connectivity index (χ1n) is 16.0. The summed E-state index contributed by atoms with van der Waals surface area (Å²) in [5, 5.41) is 4.13. The average Bonchev–Trinajstić information content (AvgIpc) is 3.09. The van der Waals surface area contributed by atoms with E-state index in [0.717, 1.165) is 47.5 Å². The van der Waals surface area contributed by atoms with Gasteiger partial charge in [-0.05, 0) is 73.4 Å². The van der Waals surface area contributed by atoms with Crippen LogP contribution in [0.15, 0.2) is 95.9 Å². The molecule has 0 saturated heterocycles. The van der Waals surface area contributed by atoms with E-state index in [1.807, 2.05) is 37.3 Å². The molecule has 7 nitrogen and oxygen atoms in total. The van der Waals surface area contributed by atoms with Crippen molar-refractivity contribution in [2.24, 2.45) is 0 Å². The lowest BCUT2D eigenvalue weighted by molar-refractivity contribution is -0.140. The molecule has 258 valence electrons. The first-order chi connectivity index (χ1) is 23.4. The fraction of sp³-hybridized carbons (Fsp3) is 0.297. The average molecular weight is 762 g/mol. The SMILES string of the molecule is Cc1ccc(S(=O)(=O)N(CC(=O)N(Cc2ccc(Cl)c(Cl)c2)[C@@H](Cc2ccccc2)C(=O)NC2CCCCC2)c2cc(Cl)ccc2Cl)cc1. The van der Waals surface area contributed by atoms with Crippen molar-refractivity contribution in [3.05, 3.63) is 128 Å². The molecule has 49 heavy (non-hydrogen) atoms. The van der Waals surface area contributed by atoms with E-state index in [9.17, 15) is 18.0 Å². The Labute approximate surface area is 308 Å². The number of amides is 2. The molecule has 1 atom stereocenters. The topological polar surface area (TPSA) is 86.8 Å². The number of aryl methyl sites for hydroxylation is 1. The van der Waals surface area contributed by atoms with Crippen molar-refractivity contribution < 1.29 is 18.0 Å². The highest BCUT2D eigenvalue weighted by Crippen LogP contribution is 2.34. The van der Waals surface area contributed by atoms with Crippen molar-refractivity contribution in [2.75, 3.05) is 10.8 Å². The van der Waals surface area contributed by atoms with Crippen molar-refractivity contribution in [2.45, 2.75) is 69.0 Å². The number of anilines is 1. The molecule has 1 aliphatic carbocycles. The van der Waals surface area contributed by atoms with E-state index in [-0.39, 0.29) is 50.6 Å². The van der Waals surface area contributed by atoms with E-state index >= 15 is 0 Å². The van der Waals surface area contributed by atoms with Gasteiger partial charge in [-0.2, -0.15) is 0 Å². The predicted octanol–water partition coefficient (Wildman–Crippen LogP) is 8.89. The third-order valence-electron chi connectivity index (χ3n) is 8.62. The number of sulfonamides is 1. The second-order valence-electron chi connectivity index (χ2n) is 12.2. The van der Waals surface area contributed by atoms with Gasteiger partial charge in [-0.25, -0.2) is 8.42 Å². The van der Waals surface area contributed by atoms with E-state index in [1.54, 1.807) is 30.3 Å². The van der Waals surface area contributed by atoms with E-state index in [4.69, 9.17) is 46.4 Å². The van der Waals surface area contributed by atoms with Crippen molar-refractivity contribution in [3.8, 4) is 0 Å². The van der Waals surface area contributed by atoms with E-state index < -0.39 is 28.5 Å². The molecule has 4 aromatic rings. The third-order valence-corrected chi connectivity index (χ3v) is 11.7. The minimum Gasteiger partial charge on any atom is -0.352 e. The molecule has 1 aliphatic rings. The van der Waals surface area contributed by atoms with Crippen LogP contribution in [0.1, 0.15) is 48.8 Å². The summed E-state index contributed by atoms with van der Waals surface area (Å²) in [5.74, 6) is -0.949. The molecule has 2 amide bonds. The Hall–Kier alpha value is -3.27. The Morgan fingerprint density at radius 1 is 0.796 bits per heavy atom. The molecule has 5 rings (SSSR count). The monoisotopic (exact) mass is 759 g/mol. The summed E-state index contributed by atoms with van der Waals surface area (Å²) in [7, 11) is -4.35. The molecule has 1 N–H and O–H groups in total. The van der Waals surface area contributed by atoms with E-state index in [0.29, 0.717) is 10.6 Å². The van der Waals surface area contributed by atoms with Gasteiger partial charge in [0.2, 0.25) is 11.8 Å². The highest BCUT2D eigenvalue weighted by atomic mass is 35.5. The summed E-state index contributed by atoms with van der Waals surface area (Å²) in [4.78, 5) is 30.4. The van der Waals surface area contributed by atoms with Crippen LogP contribution in [0.2, 0.25) is 20.1 Å². The van der Waals surface area contributed by atoms with Crippen molar-refractivity contribution in [1.82, 2.24) is 10.2 Å². The van der Waals surface area contributed by atoms with Gasteiger partial charge in [0, 0.05) is 24.0 Å². The molecule has 1 saturated carbocycles. The Bertz CT molecular complexity index is 1890. The standard InChI is InChI=1S/C37H37Cl4N3O4S/c1-25-12-16-30(17-13-25)49(47,48)44(34-22-28(38)15-19-32(34)40)24-36(45)43(23-27-14-18-31(39)33(41)20-27)35(21-26-8-4-2-5-9-26)37(46)42-29-10-6-3-7-11-29/h2,4-5,8-9,12-20,22,29,35H,3,6-7,10-11,21,23-24H2,1H3,(H,42,46)/t35-/m0/s1. The summed E-state index contributed by atoms with van der Waals surface area (Å²) in [6.07, 6.45) is 5.01. The van der Waals surface area contributed by atoms with Crippen LogP contribution in [-0.2, 0) is 32.6 Å². The van der Waals surface area contributed by atoms with Gasteiger partial charge in [-0.15, -0.1) is 0 Å². The Balaban J connectivity index is 1.60. The molecule has 0 spiro atoms. The predicted molar refractivity (Wildman–Crippen MR) is 198 cm³/mol. The lowest BCUT2D eigenvalue weighted by Gasteiger charge is -2.35. The number of rotatable bonds is 12.